The van der Waals surface area contributed by atoms with Gasteiger partial charge in [-0.05, 0) is 36.4 Å². The van der Waals surface area contributed by atoms with Crippen LogP contribution in [0.15, 0.2) is 62.5 Å². The minimum Gasteiger partial charge on any atom is -0.492 e. The van der Waals surface area contributed by atoms with Gasteiger partial charge in [0.05, 0.1) is 23.8 Å². The van der Waals surface area contributed by atoms with Crippen molar-refractivity contribution in [2.24, 2.45) is 0 Å². The van der Waals surface area contributed by atoms with E-state index in [-0.39, 0.29) is 5.56 Å². The molecule has 0 spiro atoms. The van der Waals surface area contributed by atoms with Gasteiger partial charge in [-0.2, -0.15) is 0 Å². The van der Waals surface area contributed by atoms with Crippen molar-refractivity contribution in [3.8, 4) is 5.75 Å². The highest BCUT2D eigenvalue weighted by atomic mass is 79.9. The third kappa shape index (κ3) is 3.39. The zero-order valence-corrected chi connectivity index (χ0v) is 14.7. The molecule has 0 atom stereocenters. The van der Waals surface area contributed by atoms with Crippen molar-refractivity contribution in [3.05, 3.63) is 68.1 Å². The Hall–Kier alpha value is -1.66. The molecule has 0 aliphatic rings. The lowest BCUT2D eigenvalue weighted by molar-refractivity contribution is 0.296. The van der Waals surface area contributed by atoms with Gasteiger partial charge in [-0.3, -0.25) is 9.36 Å². The molecule has 4 nitrogen and oxygen atoms in total. The van der Waals surface area contributed by atoms with Crippen LogP contribution < -0.4 is 10.3 Å². The van der Waals surface area contributed by atoms with Crippen molar-refractivity contribution in [2.45, 2.75) is 6.54 Å². The first kappa shape index (κ1) is 15.2. The van der Waals surface area contributed by atoms with Gasteiger partial charge in [0, 0.05) is 8.95 Å². The molecule has 0 aliphatic heterocycles. The molecular formula is C16H12Br2N2O2. The van der Waals surface area contributed by atoms with Crippen LogP contribution in [0.4, 0.5) is 0 Å². The summed E-state index contributed by atoms with van der Waals surface area (Å²) in [6.45, 7) is 0.846. The van der Waals surface area contributed by atoms with Crippen LogP contribution >= 0.6 is 31.9 Å². The molecule has 0 amide bonds. The molecule has 0 aliphatic carbocycles. The van der Waals surface area contributed by atoms with E-state index < -0.39 is 0 Å². The van der Waals surface area contributed by atoms with Crippen LogP contribution in [0.25, 0.3) is 10.9 Å². The Morgan fingerprint density at radius 1 is 1.09 bits per heavy atom. The first-order valence-corrected chi connectivity index (χ1v) is 8.25. The minimum atomic E-state index is -0.0656. The summed E-state index contributed by atoms with van der Waals surface area (Å²) in [4.78, 5) is 16.7. The molecule has 112 valence electrons. The fourth-order valence-electron chi connectivity index (χ4n) is 2.11. The zero-order valence-electron chi connectivity index (χ0n) is 11.5. The molecule has 0 saturated heterocycles. The number of hydrogen-bond acceptors (Lipinski definition) is 3. The van der Waals surface area contributed by atoms with Gasteiger partial charge in [0.2, 0.25) is 0 Å². The average Bonchev–Trinajstić information content (AvgIpc) is 2.50. The van der Waals surface area contributed by atoms with Gasteiger partial charge in [0.25, 0.3) is 5.56 Å². The van der Waals surface area contributed by atoms with Crippen LogP contribution in [0.2, 0.25) is 0 Å². The van der Waals surface area contributed by atoms with Gasteiger partial charge in [-0.25, -0.2) is 4.98 Å². The highest BCUT2D eigenvalue weighted by molar-refractivity contribution is 9.10. The first-order chi connectivity index (χ1) is 10.6. The van der Waals surface area contributed by atoms with Crippen molar-refractivity contribution in [1.29, 1.82) is 0 Å². The number of halogens is 2. The van der Waals surface area contributed by atoms with Crippen LogP contribution in [0.1, 0.15) is 0 Å². The van der Waals surface area contributed by atoms with Crippen molar-refractivity contribution in [2.75, 3.05) is 6.61 Å². The SMILES string of the molecule is O=c1c2cc(Br)ccc2ncn1CCOc1cccc(Br)c1. The van der Waals surface area contributed by atoms with Crippen LogP contribution in [-0.2, 0) is 6.54 Å². The molecule has 0 unspecified atom stereocenters. The van der Waals surface area contributed by atoms with E-state index in [9.17, 15) is 4.79 Å². The number of ether oxygens (including phenoxy) is 1. The lowest BCUT2D eigenvalue weighted by Crippen LogP contribution is -2.23. The normalized spacial score (nSPS) is 10.8. The standard InChI is InChI=1S/C16H12Br2N2O2/c17-11-2-1-3-13(8-11)22-7-6-20-10-19-15-5-4-12(18)9-14(15)16(20)21/h1-5,8-10H,6-7H2. The smallest absolute Gasteiger partial charge is 0.261 e. The second kappa shape index (κ2) is 6.62. The number of aromatic nitrogens is 2. The Morgan fingerprint density at radius 3 is 2.73 bits per heavy atom. The number of hydrogen-bond donors (Lipinski definition) is 0. The summed E-state index contributed by atoms with van der Waals surface area (Å²) in [6, 6.07) is 13.1. The van der Waals surface area contributed by atoms with Gasteiger partial charge in [-0.15, -0.1) is 0 Å². The fourth-order valence-corrected chi connectivity index (χ4v) is 2.85. The van der Waals surface area contributed by atoms with Crippen molar-refractivity contribution < 1.29 is 4.74 Å². The first-order valence-electron chi connectivity index (χ1n) is 6.66. The van der Waals surface area contributed by atoms with E-state index in [2.05, 4.69) is 36.8 Å². The fraction of sp³-hybridized carbons (Fsp3) is 0.125. The minimum absolute atomic E-state index is 0.0656. The maximum atomic E-state index is 12.4. The maximum absolute atomic E-state index is 12.4. The summed E-state index contributed by atoms with van der Waals surface area (Å²) in [6.07, 6.45) is 1.56. The molecule has 0 N–H and O–H groups in total. The topological polar surface area (TPSA) is 44.1 Å². The van der Waals surface area contributed by atoms with E-state index >= 15 is 0 Å². The van der Waals surface area contributed by atoms with Gasteiger partial charge in [0.15, 0.2) is 0 Å². The quantitative estimate of drug-likeness (QED) is 0.636. The Bertz CT molecular complexity index is 877. The van der Waals surface area contributed by atoms with Crippen LogP contribution in [0, 0.1) is 0 Å². The van der Waals surface area contributed by atoms with E-state index in [1.807, 2.05) is 36.4 Å². The highest BCUT2D eigenvalue weighted by Gasteiger charge is 2.05. The highest BCUT2D eigenvalue weighted by Crippen LogP contribution is 2.18. The molecule has 6 heteroatoms. The van der Waals surface area contributed by atoms with Crippen LogP contribution in [-0.4, -0.2) is 16.2 Å². The lowest BCUT2D eigenvalue weighted by atomic mass is 10.2. The van der Waals surface area contributed by atoms with Gasteiger partial charge in [0.1, 0.15) is 12.4 Å². The molecule has 1 aromatic heterocycles. The molecule has 3 aromatic rings. The van der Waals surface area contributed by atoms with E-state index in [1.165, 1.54) is 0 Å². The Morgan fingerprint density at radius 2 is 1.91 bits per heavy atom. The molecule has 1 heterocycles. The number of benzene rings is 2. The van der Waals surface area contributed by atoms with Gasteiger partial charge < -0.3 is 4.74 Å². The van der Waals surface area contributed by atoms with E-state index in [1.54, 1.807) is 17.0 Å². The molecule has 0 saturated carbocycles. The molecule has 0 fully saturated rings. The van der Waals surface area contributed by atoms with Crippen molar-refractivity contribution >= 4 is 42.8 Å². The molecule has 0 radical (unpaired) electrons. The van der Waals surface area contributed by atoms with Crippen LogP contribution in [0.5, 0.6) is 5.75 Å². The Kier molecular flexibility index (Phi) is 4.59. The van der Waals surface area contributed by atoms with E-state index in [0.717, 1.165) is 14.7 Å². The van der Waals surface area contributed by atoms with Crippen LogP contribution in [0.3, 0.4) is 0 Å². The molecular weight excluding hydrogens is 412 g/mol. The third-order valence-corrected chi connectivity index (χ3v) is 4.17. The van der Waals surface area contributed by atoms with Crippen molar-refractivity contribution in [3.63, 3.8) is 0 Å². The molecule has 2 aromatic carbocycles. The Balaban J connectivity index is 1.77. The number of rotatable bonds is 4. The monoisotopic (exact) mass is 422 g/mol. The Labute approximate surface area is 144 Å². The third-order valence-electron chi connectivity index (χ3n) is 3.18. The predicted molar refractivity (Wildman–Crippen MR) is 93.3 cm³/mol. The molecule has 0 bridgehead atoms. The lowest BCUT2D eigenvalue weighted by Gasteiger charge is -2.09. The summed E-state index contributed by atoms with van der Waals surface area (Å²) in [5.41, 5.74) is 0.626. The summed E-state index contributed by atoms with van der Waals surface area (Å²) in [5.74, 6) is 0.763. The van der Waals surface area contributed by atoms with Gasteiger partial charge in [-0.1, -0.05) is 37.9 Å². The van der Waals surface area contributed by atoms with E-state index in [0.29, 0.717) is 24.1 Å². The second-order valence-electron chi connectivity index (χ2n) is 4.71. The zero-order chi connectivity index (χ0) is 15.5. The largest absolute Gasteiger partial charge is 0.492 e. The average molecular weight is 424 g/mol. The number of fused-ring (bicyclic) bond motifs is 1. The van der Waals surface area contributed by atoms with Gasteiger partial charge >= 0.3 is 0 Å². The summed E-state index contributed by atoms with van der Waals surface area (Å²) >= 11 is 6.77. The summed E-state index contributed by atoms with van der Waals surface area (Å²) < 4.78 is 9.04. The maximum Gasteiger partial charge on any atom is 0.261 e. The van der Waals surface area contributed by atoms with Crippen molar-refractivity contribution in [1.82, 2.24) is 9.55 Å². The summed E-state index contributed by atoms with van der Waals surface area (Å²) in [7, 11) is 0. The van der Waals surface area contributed by atoms with E-state index in [4.69, 9.17) is 4.74 Å². The summed E-state index contributed by atoms with van der Waals surface area (Å²) in [5, 5.41) is 0.597. The number of nitrogens with zero attached hydrogens (tertiary/aromatic N) is 2. The molecule has 22 heavy (non-hydrogen) atoms. The second-order valence-corrected chi connectivity index (χ2v) is 6.54. The molecule has 3 rings (SSSR count). The predicted octanol–water partition coefficient (Wildman–Crippen LogP) is 4.00.